The van der Waals surface area contributed by atoms with Crippen molar-refractivity contribution in [2.24, 2.45) is 5.92 Å². The molecule has 126 valence electrons. The van der Waals surface area contributed by atoms with Gasteiger partial charge in [0.05, 0.1) is 5.54 Å². The summed E-state index contributed by atoms with van der Waals surface area (Å²) >= 11 is 0. The number of benzene rings is 1. The Morgan fingerprint density at radius 3 is 2.65 bits per heavy atom. The number of nitrogens with one attached hydrogen (secondary N) is 1. The Balaban J connectivity index is 1.75. The molecule has 1 aliphatic carbocycles. The topological polar surface area (TPSA) is 32.3 Å². The van der Waals surface area contributed by atoms with Gasteiger partial charge in [0.15, 0.2) is 0 Å². The first-order valence-corrected chi connectivity index (χ1v) is 8.39. The molecule has 1 N–H and O–H groups in total. The third-order valence-corrected chi connectivity index (χ3v) is 5.60. The van der Waals surface area contributed by atoms with Crippen LogP contribution in [0.25, 0.3) is 0 Å². The number of rotatable bonds is 3. The van der Waals surface area contributed by atoms with Crippen molar-refractivity contribution in [1.82, 2.24) is 10.2 Å². The van der Waals surface area contributed by atoms with Crippen molar-refractivity contribution in [3.05, 3.63) is 35.4 Å². The molecule has 2 aliphatic rings. The Morgan fingerprint density at radius 1 is 1.35 bits per heavy atom. The van der Waals surface area contributed by atoms with E-state index in [9.17, 15) is 13.6 Å². The van der Waals surface area contributed by atoms with Gasteiger partial charge in [0.2, 0.25) is 5.91 Å². The first-order chi connectivity index (χ1) is 10.9. The van der Waals surface area contributed by atoms with Crippen molar-refractivity contribution in [2.45, 2.75) is 50.6 Å². The monoisotopic (exact) mass is 322 g/mol. The van der Waals surface area contributed by atoms with Crippen LogP contribution in [-0.4, -0.2) is 30.4 Å². The molecule has 3 rings (SSSR count). The molecular weight excluding hydrogens is 298 g/mol. The largest absolute Gasteiger partial charge is 0.346 e. The fourth-order valence-corrected chi connectivity index (χ4v) is 3.74. The maximum Gasteiger partial charge on any atom is 0.223 e. The molecule has 1 aromatic rings. The molecule has 2 atom stereocenters. The third-order valence-electron chi connectivity index (χ3n) is 5.60. The lowest BCUT2D eigenvalue weighted by atomic mass is 9.71. The Labute approximate surface area is 136 Å². The molecule has 23 heavy (non-hydrogen) atoms. The van der Waals surface area contributed by atoms with Gasteiger partial charge in [-0.2, -0.15) is 0 Å². The van der Waals surface area contributed by atoms with E-state index < -0.39 is 17.2 Å². The lowest BCUT2D eigenvalue weighted by molar-refractivity contribution is -0.130. The quantitative estimate of drug-likeness (QED) is 0.927. The maximum atomic E-state index is 14.2. The lowest BCUT2D eigenvalue weighted by Crippen LogP contribution is -2.54. The molecule has 2 fully saturated rings. The summed E-state index contributed by atoms with van der Waals surface area (Å²) in [4.78, 5) is 14.9. The summed E-state index contributed by atoms with van der Waals surface area (Å²) in [6, 6.07) is 4.02. The molecule has 1 aromatic carbocycles. The second-order valence-electron chi connectivity index (χ2n) is 7.10. The van der Waals surface area contributed by atoms with E-state index >= 15 is 0 Å². The van der Waals surface area contributed by atoms with Gasteiger partial charge in [0, 0.05) is 23.6 Å². The summed E-state index contributed by atoms with van der Waals surface area (Å²) in [6.07, 6.45) is 4.02. The maximum absolute atomic E-state index is 14.2. The van der Waals surface area contributed by atoms with Gasteiger partial charge in [0.25, 0.3) is 0 Å². The Kier molecular flexibility index (Phi) is 4.41. The zero-order chi connectivity index (χ0) is 16.6. The van der Waals surface area contributed by atoms with Gasteiger partial charge >= 0.3 is 0 Å². The molecule has 0 spiro atoms. The van der Waals surface area contributed by atoms with E-state index in [0.717, 1.165) is 31.9 Å². The van der Waals surface area contributed by atoms with Crippen molar-refractivity contribution in [3.8, 4) is 0 Å². The first-order valence-electron chi connectivity index (χ1n) is 8.39. The Morgan fingerprint density at radius 2 is 2.09 bits per heavy atom. The number of hydrogen-bond donors (Lipinski definition) is 1. The summed E-state index contributed by atoms with van der Waals surface area (Å²) in [6.45, 7) is 3.02. The molecule has 5 heteroatoms. The van der Waals surface area contributed by atoms with Gasteiger partial charge < -0.3 is 10.2 Å². The molecular formula is C18H24F2N2O. The Bertz CT molecular complexity index is 601. The van der Waals surface area contributed by atoms with E-state index in [0.29, 0.717) is 24.4 Å². The molecule has 1 aliphatic heterocycles. The fraction of sp³-hybridized carbons (Fsp3) is 0.611. The van der Waals surface area contributed by atoms with Gasteiger partial charge in [0.1, 0.15) is 11.6 Å². The van der Waals surface area contributed by atoms with Crippen molar-refractivity contribution < 1.29 is 13.6 Å². The number of halogens is 2. The molecule has 1 amide bonds. The fourth-order valence-electron chi connectivity index (χ4n) is 3.74. The number of carbonyl (C=O) groups is 1. The average molecular weight is 322 g/mol. The average Bonchev–Trinajstić information content (AvgIpc) is 2.46. The number of hydrogen-bond acceptors (Lipinski definition) is 2. The van der Waals surface area contributed by atoms with E-state index in [4.69, 9.17) is 0 Å². The minimum absolute atomic E-state index is 0.00775. The predicted molar refractivity (Wildman–Crippen MR) is 84.8 cm³/mol. The van der Waals surface area contributed by atoms with Crippen LogP contribution in [0.15, 0.2) is 18.2 Å². The molecule has 3 nitrogen and oxygen atoms in total. The van der Waals surface area contributed by atoms with E-state index in [1.165, 1.54) is 12.1 Å². The number of carbonyl (C=O) groups excluding carboxylic acids is 1. The number of piperidine rings is 1. The molecule has 0 radical (unpaired) electrons. The second kappa shape index (κ2) is 6.19. The van der Waals surface area contributed by atoms with E-state index in [2.05, 4.69) is 24.2 Å². The molecule has 1 heterocycles. The van der Waals surface area contributed by atoms with Crippen molar-refractivity contribution >= 4 is 5.91 Å². The van der Waals surface area contributed by atoms with Crippen LogP contribution in [0.4, 0.5) is 8.78 Å². The van der Waals surface area contributed by atoms with Gasteiger partial charge in [-0.1, -0.05) is 6.07 Å². The van der Waals surface area contributed by atoms with E-state index in [-0.39, 0.29) is 11.8 Å². The second-order valence-corrected chi connectivity index (χ2v) is 7.10. The van der Waals surface area contributed by atoms with Crippen molar-refractivity contribution in [1.29, 1.82) is 0 Å². The van der Waals surface area contributed by atoms with Crippen LogP contribution in [-0.2, 0) is 10.3 Å². The molecule has 1 saturated carbocycles. The summed E-state index contributed by atoms with van der Waals surface area (Å²) in [5, 5.41) is 3.09. The van der Waals surface area contributed by atoms with Crippen LogP contribution in [0.5, 0.6) is 0 Å². The lowest BCUT2D eigenvalue weighted by Gasteiger charge is -2.45. The van der Waals surface area contributed by atoms with Gasteiger partial charge in [-0.15, -0.1) is 0 Å². The highest BCUT2D eigenvalue weighted by molar-refractivity contribution is 5.80. The normalized spacial score (nSPS) is 27.3. The molecule has 0 bridgehead atoms. The molecule has 0 aromatic heterocycles. The standard InChI is InChI=1S/C18H24F2N2O/c1-12-10-13(6-9-22(12)2)17(23)21-18(7-3-8-18)15-5-4-14(19)11-16(15)20/h4-5,11-13H,3,6-10H2,1-2H3,(H,21,23)/t12-,13-/m0/s1. The van der Waals surface area contributed by atoms with Crippen molar-refractivity contribution in [2.75, 3.05) is 13.6 Å². The minimum atomic E-state index is -0.651. The highest BCUT2D eigenvalue weighted by atomic mass is 19.1. The summed E-state index contributed by atoms with van der Waals surface area (Å²) < 4.78 is 27.3. The van der Waals surface area contributed by atoms with Crippen LogP contribution >= 0.6 is 0 Å². The van der Waals surface area contributed by atoms with Gasteiger partial charge in [-0.25, -0.2) is 8.78 Å². The van der Waals surface area contributed by atoms with Crippen LogP contribution in [0.2, 0.25) is 0 Å². The minimum Gasteiger partial charge on any atom is -0.346 e. The summed E-state index contributed by atoms with van der Waals surface area (Å²) in [7, 11) is 2.07. The smallest absolute Gasteiger partial charge is 0.223 e. The summed E-state index contributed by atoms with van der Waals surface area (Å²) in [5.74, 6) is -1.17. The number of nitrogens with zero attached hydrogens (tertiary/aromatic N) is 1. The first kappa shape index (κ1) is 16.4. The number of likely N-dealkylation sites (tertiary alicyclic amines) is 1. The Hall–Kier alpha value is -1.49. The zero-order valence-corrected chi connectivity index (χ0v) is 13.7. The summed E-state index contributed by atoms with van der Waals surface area (Å²) in [5.41, 5.74) is -0.235. The number of amides is 1. The highest BCUT2D eigenvalue weighted by Gasteiger charge is 2.43. The molecule has 1 saturated heterocycles. The third kappa shape index (κ3) is 3.11. The van der Waals surface area contributed by atoms with Crippen LogP contribution in [0, 0.1) is 17.6 Å². The SMILES string of the molecule is C[C@H]1C[C@@H](C(=O)NC2(c3ccc(F)cc3F)CCC2)CCN1C. The predicted octanol–water partition coefficient (Wildman–Crippen LogP) is 3.19. The zero-order valence-electron chi connectivity index (χ0n) is 13.7. The van der Waals surface area contributed by atoms with Crippen LogP contribution < -0.4 is 5.32 Å². The van der Waals surface area contributed by atoms with Gasteiger partial charge in [-0.05, 0) is 58.7 Å². The highest BCUT2D eigenvalue weighted by Crippen LogP contribution is 2.43. The van der Waals surface area contributed by atoms with Crippen LogP contribution in [0.3, 0.4) is 0 Å². The van der Waals surface area contributed by atoms with E-state index in [1.54, 1.807) is 0 Å². The van der Waals surface area contributed by atoms with Crippen molar-refractivity contribution in [3.63, 3.8) is 0 Å². The molecule has 0 unspecified atom stereocenters. The van der Waals surface area contributed by atoms with Crippen LogP contribution in [0.1, 0.15) is 44.6 Å². The van der Waals surface area contributed by atoms with Gasteiger partial charge in [-0.3, -0.25) is 4.79 Å². The van der Waals surface area contributed by atoms with E-state index in [1.807, 2.05) is 0 Å².